The first-order valence-electron chi connectivity index (χ1n) is 15.2. The summed E-state index contributed by atoms with van der Waals surface area (Å²) in [5.74, 6) is 0.473. The molecule has 0 aliphatic carbocycles. The van der Waals surface area contributed by atoms with Gasteiger partial charge in [0, 0.05) is 64.7 Å². The van der Waals surface area contributed by atoms with Crippen molar-refractivity contribution in [3.8, 4) is 10.4 Å². The molecule has 0 saturated carbocycles. The van der Waals surface area contributed by atoms with Crippen molar-refractivity contribution in [2.24, 2.45) is 0 Å². The van der Waals surface area contributed by atoms with Crippen LogP contribution in [0.4, 0.5) is 0 Å². The lowest BCUT2D eigenvalue weighted by Gasteiger charge is -2.32. The van der Waals surface area contributed by atoms with Crippen molar-refractivity contribution in [2.45, 2.75) is 76.4 Å². The standard InChI is InChI=1S/C32H38N4O4S2/c37-29(35-19-15-23(16-20-35)39-31-33-25-9-5-7-11-27(25)41-31)13-3-1-2-4-14-30(38)36-21-17-24(18-22-36)40-32-34-26-10-6-8-12-28(26)42-32/h5-12,23-24H,1-4,13-22H2. The van der Waals surface area contributed by atoms with Crippen molar-refractivity contribution in [3.63, 3.8) is 0 Å². The van der Waals surface area contributed by atoms with E-state index in [-0.39, 0.29) is 24.0 Å². The van der Waals surface area contributed by atoms with Gasteiger partial charge in [0.15, 0.2) is 0 Å². The molecule has 222 valence electrons. The predicted molar refractivity (Wildman–Crippen MR) is 167 cm³/mol. The fourth-order valence-electron chi connectivity index (χ4n) is 5.76. The van der Waals surface area contributed by atoms with Gasteiger partial charge in [0.05, 0.1) is 20.4 Å². The van der Waals surface area contributed by atoms with Crippen LogP contribution in [0.3, 0.4) is 0 Å². The van der Waals surface area contributed by atoms with E-state index >= 15 is 0 Å². The summed E-state index contributed by atoms with van der Waals surface area (Å²) in [6.07, 6.45) is 8.48. The number of thiazole rings is 2. The van der Waals surface area contributed by atoms with Gasteiger partial charge in [-0.1, -0.05) is 59.8 Å². The molecule has 8 nitrogen and oxygen atoms in total. The van der Waals surface area contributed by atoms with Crippen LogP contribution in [0, 0.1) is 0 Å². The van der Waals surface area contributed by atoms with Crippen LogP contribution in [0.1, 0.15) is 64.2 Å². The Hall–Kier alpha value is -3.24. The number of hydrogen-bond donors (Lipinski definition) is 0. The number of fused-ring (bicyclic) bond motifs is 2. The summed E-state index contributed by atoms with van der Waals surface area (Å²) in [5, 5.41) is 1.44. The molecule has 2 saturated heterocycles. The Morgan fingerprint density at radius 1 is 0.643 bits per heavy atom. The largest absolute Gasteiger partial charge is 0.467 e. The molecule has 0 radical (unpaired) electrons. The minimum Gasteiger partial charge on any atom is -0.467 e. The van der Waals surface area contributed by atoms with Crippen LogP contribution in [0.5, 0.6) is 10.4 Å². The zero-order chi connectivity index (χ0) is 28.7. The fourth-order valence-corrected chi connectivity index (χ4v) is 7.52. The van der Waals surface area contributed by atoms with Gasteiger partial charge >= 0.3 is 0 Å². The summed E-state index contributed by atoms with van der Waals surface area (Å²) in [4.78, 5) is 38.5. The number of aromatic nitrogens is 2. The number of ether oxygens (including phenoxy) is 2. The van der Waals surface area contributed by atoms with Gasteiger partial charge in [0.1, 0.15) is 12.2 Å². The second-order valence-electron chi connectivity index (χ2n) is 11.2. The normalized spacial score (nSPS) is 16.8. The van der Waals surface area contributed by atoms with Crippen molar-refractivity contribution >= 4 is 54.9 Å². The highest BCUT2D eigenvalue weighted by Crippen LogP contribution is 2.31. The van der Waals surface area contributed by atoms with E-state index in [2.05, 4.69) is 22.1 Å². The summed E-state index contributed by atoms with van der Waals surface area (Å²) in [6.45, 7) is 2.97. The molecule has 2 aromatic carbocycles. The molecule has 2 aromatic heterocycles. The lowest BCUT2D eigenvalue weighted by molar-refractivity contribution is -0.134. The smallest absolute Gasteiger partial charge is 0.274 e. The summed E-state index contributed by atoms with van der Waals surface area (Å²) in [6, 6.07) is 16.1. The average molecular weight is 607 g/mol. The van der Waals surface area contributed by atoms with Gasteiger partial charge in [0.25, 0.3) is 10.4 Å². The molecule has 2 aliphatic heterocycles. The summed E-state index contributed by atoms with van der Waals surface area (Å²) in [7, 11) is 0. The number of unbranched alkanes of at least 4 members (excludes halogenated alkanes) is 3. The van der Waals surface area contributed by atoms with Crippen LogP contribution >= 0.6 is 22.7 Å². The second kappa shape index (κ2) is 13.8. The van der Waals surface area contributed by atoms with E-state index in [0.717, 1.165) is 108 Å². The van der Waals surface area contributed by atoms with Crippen LogP contribution in [0.25, 0.3) is 20.4 Å². The highest BCUT2D eigenvalue weighted by Gasteiger charge is 2.26. The maximum atomic E-state index is 12.7. The Bertz CT molecular complexity index is 1310. The van der Waals surface area contributed by atoms with Gasteiger partial charge in [0.2, 0.25) is 11.8 Å². The lowest BCUT2D eigenvalue weighted by atomic mass is 10.0. The van der Waals surface area contributed by atoms with Crippen molar-refractivity contribution in [2.75, 3.05) is 26.2 Å². The summed E-state index contributed by atoms with van der Waals surface area (Å²) >= 11 is 3.16. The first-order chi connectivity index (χ1) is 20.6. The maximum absolute atomic E-state index is 12.7. The molecule has 0 spiro atoms. The van der Waals surface area contributed by atoms with E-state index in [0.29, 0.717) is 12.8 Å². The fraction of sp³-hybridized carbons (Fsp3) is 0.500. The first-order valence-corrected chi connectivity index (χ1v) is 16.8. The molecule has 10 heteroatoms. The Balaban J connectivity index is 0.808. The highest BCUT2D eigenvalue weighted by molar-refractivity contribution is 7.20. The van der Waals surface area contributed by atoms with Crippen molar-refractivity contribution in [1.82, 2.24) is 19.8 Å². The number of hydrogen-bond acceptors (Lipinski definition) is 8. The quantitative estimate of drug-likeness (QED) is 0.177. The zero-order valence-electron chi connectivity index (χ0n) is 23.9. The molecule has 6 rings (SSSR count). The number of nitrogens with zero attached hydrogens (tertiary/aromatic N) is 4. The zero-order valence-corrected chi connectivity index (χ0v) is 25.5. The molecular formula is C32H38N4O4S2. The number of benzene rings is 2. The maximum Gasteiger partial charge on any atom is 0.274 e. The van der Waals surface area contributed by atoms with Crippen molar-refractivity contribution in [3.05, 3.63) is 48.5 Å². The molecular weight excluding hydrogens is 569 g/mol. The van der Waals surface area contributed by atoms with E-state index in [1.807, 2.05) is 46.2 Å². The molecule has 2 fully saturated rings. The van der Waals surface area contributed by atoms with Crippen LogP contribution in [0.15, 0.2) is 48.5 Å². The number of para-hydroxylation sites is 2. The van der Waals surface area contributed by atoms with Gasteiger partial charge in [-0.05, 0) is 37.1 Å². The van der Waals surface area contributed by atoms with Gasteiger partial charge in [-0.25, -0.2) is 9.97 Å². The summed E-state index contributed by atoms with van der Waals surface area (Å²) < 4.78 is 14.5. The van der Waals surface area contributed by atoms with Crippen molar-refractivity contribution < 1.29 is 19.1 Å². The van der Waals surface area contributed by atoms with Crippen LogP contribution in [0.2, 0.25) is 0 Å². The Morgan fingerprint density at radius 2 is 1.05 bits per heavy atom. The monoisotopic (exact) mass is 606 g/mol. The molecule has 0 atom stereocenters. The van der Waals surface area contributed by atoms with E-state index in [9.17, 15) is 9.59 Å². The average Bonchev–Trinajstić information content (AvgIpc) is 3.62. The summed E-state index contributed by atoms with van der Waals surface area (Å²) in [5.41, 5.74) is 1.95. The predicted octanol–water partition coefficient (Wildman–Crippen LogP) is 6.69. The van der Waals surface area contributed by atoms with Gasteiger partial charge in [-0.15, -0.1) is 0 Å². The van der Waals surface area contributed by atoms with Crippen molar-refractivity contribution in [1.29, 1.82) is 0 Å². The van der Waals surface area contributed by atoms with Gasteiger partial charge in [-0.2, -0.15) is 0 Å². The third-order valence-corrected chi connectivity index (χ3v) is 10.1. The number of likely N-dealkylation sites (tertiary alicyclic amines) is 2. The van der Waals surface area contributed by atoms with Gasteiger partial charge < -0.3 is 19.3 Å². The van der Waals surface area contributed by atoms with E-state index in [4.69, 9.17) is 9.47 Å². The Morgan fingerprint density at radius 3 is 1.45 bits per heavy atom. The minimum absolute atomic E-state index is 0.115. The van der Waals surface area contributed by atoms with Crippen LogP contribution < -0.4 is 9.47 Å². The molecule has 4 aromatic rings. The molecule has 4 heterocycles. The SMILES string of the molecule is O=C(CCCCCCC(=O)N1CCC(Oc2nc3ccccc3s2)CC1)N1CCC(Oc2nc3ccccc3s2)CC1. The first kappa shape index (κ1) is 28.9. The molecule has 2 aliphatic rings. The highest BCUT2D eigenvalue weighted by atomic mass is 32.1. The number of amides is 2. The van der Waals surface area contributed by atoms with E-state index in [1.54, 1.807) is 22.7 Å². The lowest BCUT2D eigenvalue weighted by Crippen LogP contribution is -2.41. The number of carbonyl (C=O) groups excluding carboxylic acids is 2. The molecule has 0 bridgehead atoms. The number of piperidine rings is 2. The Labute approximate surface area is 254 Å². The molecule has 42 heavy (non-hydrogen) atoms. The van der Waals surface area contributed by atoms with Crippen LogP contribution in [-0.2, 0) is 9.59 Å². The third-order valence-electron chi connectivity index (χ3n) is 8.20. The molecule has 0 unspecified atom stereocenters. The Kier molecular flexibility index (Phi) is 9.50. The number of carbonyl (C=O) groups is 2. The van der Waals surface area contributed by atoms with E-state index < -0.39 is 0 Å². The van der Waals surface area contributed by atoms with E-state index in [1.165, 1.54) is 0 Å². The number of rotatable bonds is 11. The third kappa shape index (κ3) is 7.39. The van der Waals surface area contributed by atoms with Gasteiger partial charge in [-0.3, -0.25) is 9.59 Å². The molecule has 2 amide bonds. The molecule has 0 N–H and O–H groups in total. The second-order valence-corrected chi connectivity index (χ2v) is 13.2. The topological polar surface area (TPSA) is 84.9 Å². The van der Waals surface area contributed by atoms with Crippen LogP contribution in [-0.4, -0.2) is 70.0 Å². The minimum atomic E-state index is 0.115.